The highest BCUT2D eigenvalue weighted by Gasteiger charge is 2.30. The number of carbonyl (C=O) groups excluding carboxylic acids is 4. The van der Waals surface area contributed by atoms with E-state index in [4.69, 9.17) is 37.0 Å². The lowest BCUT2D eigenvalue weighted by molar-refractivity contribution is -0.161. The van der Waals surface area contributed by atoms with E-state index < -0.39 is 97.5 Å². The zero-order valence-electron chi connectivity index (χ0n) is 65.9. The summed E-state index contributed by atoms with van der Waals surface area (Å²) in [5.41, 5.74) is 0. The number of phosphoric ester groups is 2. The van der Waals surface area contributed by atoms with Gasteiger partial charge in [0.1, 0.15) is 19.3 Å². The van der Waals surface area contributed by atoms with Gasteiger partial charge in [0.15, 0.2) is 12.2 Å². The second-order valence-electron chi connectivity index (χ2n) is 29.5. The molecule has 0 aliphatic rings. The maximum Gasteiger partial charge on any atom is 0.472 e. The minimum atomic E-state index is -4.96. The Balaban J connectivity index is 5.08. The van der Waals surface area contributed by atoms with Crippen LogP contribution in [0, 0.1) is 0 Å². The van der Waals surface area contributed by atoms with E-state index in [1.165, 1.54) is 270 Å². The zero-order valence-corrected chi connectivity index (χ0v) is 67.7. The normalized spacial score (nSPS) is 13.8. The van der Waals surface area contributed by atoms with Crippen molar-refractivity contribution in [1.29, 1.82) is 0 Å². The first-order valence-electron chi connectivity index (χ1n) is 42.8. The highest BCUT2D eigenvalue weighted by Crippen LogP contribution is 2.45. The molecule has 0 aromatic heterocycles. The molecule has 600 valence electrons. The van der Waals surface area contributed by atoms with Crippen molar-refractivity contribution < 1.29 is 80.2 Å². The Bertz CT molecular complexity index is 1910. The molecule has 0 bridgehead atoms. The summed E-state index contributed by atoms with van der Waals surface area (Å²) in [6.07, 6.45) is 70.2. The average Bonchev–Trinajstić information content (AvgIpc) is 1.21. The molecule has 0 spiro atoms. The minimum absolute atomic E-state index is 0.107. The first kappa shape index (κ1) is 99.1. The second-order valence-corrected chi connectivity index (χ2v) is 32.4. The van der Waals surface area contributed by atoms with Crippen LogP contribution < -0.4 is 0 Å². The summed E-state index contributed by atoms with van der Waals surface area (Å²) in [7, 11) is -9.90. The van der Waals surface area contributed by atoms with Gasteiger partial charge in [0.05, 0.1) is 26.4 Å². The number of aliphatic hydroxyl groups excluding tert-OH is 1. The standard InChI is InChI=1S/C82H160O17P2/c1-5-9-13-17-20-23-26-29-31-33-35-37-39-41-43-45-47-50-52-55-59-63-67-80(85)93-73-78(99-82(87)69-65-61-57-54-51-48-46-44-42-40-38-36-34-32-30-27-24-21-18-14-10-6-2)75-97-101(90,91)95-71-76(83)70-94-100(88,89)96-74-77(72-92-79(84)66-62-58-16-12-8-4)98-81(86)68-64-60-56-53-49-28-25-22-19-15-11-7-3/h76-78,83H,5-75H2,1-4H3,(H,88,89)(H,90,91)/t76-,77+,78+/m0/s1. The molecule has 2 unspecified atom stereocenters. The number of hydrogen-bond donors (Lipinski definition) is 3. The van der Waals surface area contributed by atoms with Crippen molar-refractivity contribution in [3.8, 4) is 0 Å². The molecule has 0 saturated heterocycles. The van der Waals surface area contributed by atoms with E-state index in [1.807, 2.05) is 0 Å². The fraction of sp³-hybridized carbons (Fsp3) is 0.951. The van der Waals surface area contributed by atoms with Gasteiger partial charge in [-0.1, -0.05) is 394 Å². The van der Waals surface area contributed by atoms with Gasteiger partial charge in [-0.15, -0.1) is 0 Å². The number of unbranched alkanes of at least 4 members (excludes halogenated alkanes) is 57. The summed E-state index contributed by atoms with van der Waals surface area (Å²) in [6, 6.07) is 0. The highest BCUT2D eigenvalue weighted by atomic mass is 31.2. The molecular formula is C82H160O17P2. The molecule has 0 fully saturated rings. The second kappa shape index (κ2) is 76.3. The highest BCUT2D eigenvalue weighted by molar-refractivity contribution is 7.47. The Morgan fingerprint density at radius 3 is 0.584 bits per heavy atom. The van der Waals surface area contributed by atoms with E-state index in [2.05, 4.69) is 27.7 Å². The Hall–Kier alpha value is -1.94. The first-order chi connectivity index (χ1) is 49.2. The van der Waals surface area contributed by atoms with Crippen LogP contribution in [0.4, 0.5) is 0 Å². The van der Waals surface area contributed by atoms with Crippen LogP contribution in [0.25, 0.3) is 0 Å². The predicted octanol–water partition coefficient (Wildman–Crippen LogP) is 25.0. The zero-order chi connectivity index (χ0) is 73.9. The monoisotopic (exact) mass is 1480 g/mol. The summed E-state index contributed by atoms with van der Waals surface area (Å²) in [5, 5.41) is 10.6. The molecule has 19 heteroatoms. The molecule has 0 aromatic rings. The number of ether oxygens (including phenoxy) is 4. The van der Waals surface area contributed by atoms with Crippen molar-refractivity contribution in [3.63, 3.8) is 0 Å². The van der Waals surface area contributed by atoms with Gasteiger partial charge in [-0.05, 0) is 25.7 Å². The van der Waals surface area contributed by atoms with Crippen LogP contribution in [0.1, 0.15) is 445 Å². The van der Waals surface area contributed by atoms with Gasteiger partial charge in [0.25, 0.3) is 0 Å². The van der Waals surface area contributed by atoms with Crippen LogP contribution in [0.2, 0.25) is 0 Å². The Kier molecular flexibility index (Phi) is 74.8. The van der Waals surface area contributed by atoms with E-state index in [-0.39, 0.29) is 25.7 Å². The Labute approximate surface area is 619 Å². The number of aliphatic hydroxyl groups is 1. The summed E-state index contributed by atoms with van der Waals surface area (Å²) in [6.45, 7) is 4.92. The smallest absolute Gasteiger partial charge is 0.462 e. The fourth-order valence-electron chi connectivity index (χ4n) is 12.8. The quantitative estimate of drug-likeness (QED) is 0.0222. The fourth-order valence-corrected chi connectivity index (χ4v) is 14.4. The van der Waals surface area contributed by atoms with E-state index in [1.54, 1.807) is 0 Å². The van der Waals surface area contributed by atoms with E-state index in [0.717, 1.165) is 96.3 Å². The van der Waals surface area contributed by atoms with E-state index >= 15 is 0 Å². The first-order valence-corrected chi connectivity index (χ1v) is 45.8. The largest absolute Gasteiger partial charge is 0.472 e. The van der Waals surface area contributed by atoms with E-state index in [9.17, 15) is 43.2 Å². The van der Waals surface area contributed by atoms with Gasteiger partial charge in [-0.25, -0.2) is 9.13 Å². The molecule has 5 atom stereocenters. The molecule has 0 aliphatic heterocycles. The third-order valence-electron chi connectivity index (χ3n) is 19.4. The number of esters is 4. The molecule has 0 saturated carbocycles. The maximum absolute atomic E-state index is 13.1. The van der Waals surface area contributed by atoms with Gasteiger partial charge < -0.3 is 33.8 Å². The molecule has 0 radical (unpaired) electrons. The molecule has 0 heterocycles. The molecule has 0 amide bonds. The minimum Gasteiger partial charge on any atom is -0.462 e. The van der Waals surface area contributed by atoms with Crippen LogP contribution in [0.15, 0.2) is 0 Å². The van der Waals surface area contributed by atoms with Crippen LogP contribution in [-0.4, -0.2) is 96.7 Å². The molecule has 3 N–H and O–H groups in total. The lowest BCUT2D eigenvalue weighted by Crippen LogP contribution is -2.30. The molecular weight excluding hydrogens is 1320 g/mol. The van der Waals surface area contributed by atoms with Gasteiger partial charge in [0.2, 0.25) is 0 Å². The number of hydrogen-bond acceptors (Lipinski definition) is 15. The Morgan fingerprint density at radius 1 is 0.238 bits per heavy atom. The topological polar surface area (TPSA) is 237 Å². The number of carbonyl (C=O) groups is 4. The summed E-state index contributed by atoms with van der Waals surface area (Å²) < 4.78 is 68.4. The van der Waals surface area contributed by atoms with Gasteiger partial charge in [-0.2, -0.15) is 0 Å². The van der Waals surface area contributed by atoms with E-state index in [0.29, 0.717) is 25.7 Å². The lowest BCUT2D eigenvalue weighted by Gasteiger charge is -2.21. The Morgan fingerprint density at radius 2 is 0.396 bits per heavy atom. The third kappa shape index (κ3) is 76.1. The molecule has 0 aromatic carbocycles. The summed E-state index contributed by atoms with van der Waals surface area (Å²) in [4.78, 5) is 72.7. The van der Waals surface area contributed by atoms with Crippen molar-refractivity contribution in [2.45, 2.75) is 463 Å². The molecule has 0 aliphatic carbocycles. The van der Waals surface area contributed by atoms with Gasteiger partial charge >= 0.3 is 39.5 Å². The molecule has 0 rings (SSSR count). The maximum atomic E-state index is 13.1. The number of phosphoric acid groups is 2. The van der Waals surface area contributed by atoms with Crippen molar-refractivity contribution >= 4 is 39.5 Å². The van der Waals surface area contributed by atoms with Gasteiger partial charge in [0, 0.05) is 25.7 Å². The van der Waals surface area contributed by atoms with Crippen LogP contribution >= 0.6 is 15.6 Å². The van der Waals surface area contributed by atoms with Crippen molar-refractivity contribution in [1.82, 2.24) is 0 Å². The predicted molar refractivity (Wildman–Crippen MR) is 414 cm³/mol. The SMILES string of the molecule is CCCCCCCCCCCCCCCCCCCCCCCCC(=O)OC[C@H](COP(=O)(O)OC[C@@H](O)COP(=O)(O)OC[C@@H](COC(=O)CCCCCCC)OC(=O)CCCCCCCCCCCCCC)OC(=O)CCCCCCCCCCCCCCCCCCCCCCCC. The van der Waals surface area contributed by atoms with Crippen molar-refractivity contribution in [2.24, 2.45) is 0 Å². The third-order valence-corrected chi connectivity index (χ3v) is 21.3. The average molecular weight is 1480 g/mol. The summed E-state index contributed by atoms with van der Waals surface area (Å²) in [5.74, 6) is -2.12. The van der Waals surface area contributed by atoms with Crippen LogP contribution in [0.5, 0.6) is 0 Å². The molecule has 17 nitrogen and oxygen atoms in total. The number of rotatable bonds is 83. The lowest BCUT2D eigenvalue weighted by atomic mass is 10.0. The van der Waals surface area contributed by atoms with Gasteiger partial charge in [-0.3, -0.25) is 37.3 Å². The van der Waals surface area contributed by atoms with Crippen molar-refractivity contribution in [3.05, 3.63) is 0 Å². The summed E-state index contributed by atoms with van der Waals surface area (Å²) >= 11 is 0. The van der Waals surface area contributed by atoms with Crippen LogP contribution in [-0.2, 0) is 65.4 Å². The van der Waals surface area contributed by atoms with Crippen molar-refractivity contribution in [2.75, 3.05) is 39.6 Å². The molecule has 101 heavy (non-hydrogen) atoms. The van der Waals surface area contributed by atoms with Crippen LogP contribution in [0.3, 0.4) is 0 Å².